The maximum absolute atomic E-state index is 5.83. The monoisotopic (exact) mass is 180 g/mol. The van der Waals surface area contributed by atoms with E-state index < -0.39 is 0 Å². The largest absolute Gasteiger partial charge is 0.383 e. The molecule has 0 fully saturated rings. The average Bonchev–Trinajstić information content (AvgIpc) is 2.09. The van der Waals surface area contributed by atoms with Gasteiger partial charge < -0.3 is 5.32 Å². The second-order valence-electron chi connectivity index (χ2n) is 2.24. The summed E-state index contributed by atoms with van der Waals surface area (Å²) in [6, 6.07) is 1.82. The second kappa shape index (κ2) is 4.63. The number of anilines is 1. The lowest BCUT2D eigenvalue weighted by Gasteiger charge is -2.04. The molecule has 1 aromatic rings. The lowest BCUT2D eigenvalue weighted by Crippen LogP contribution is -2.00. The zero-order chi connectivity index (χ0) is 8.81. The molecular formula is C9H9ClN2. The maximum atomic E-state index is 5.83. The van der Waals surface area contributed by atoms with Gasteiger partial charge in [0.1, 0.15) is 0 Å². The maximum Gasteiger partial charge on any atom is 0.0820 e. The van der Waals surface area contributed by atoms with Crippen LogP contribution in [-0.2, 0) is 0 Å². The van der Waals surface area contributed by atoms with E-state index in [1.807, 2.05) is 6.07 Å². The Kier molecular flexibility index (Phi) is 3.43. The second-order valence-corrected chi connectivity index (χ2v) is 2.64. The molecule has 3 heteroatoms. The molecule has 2 nitrogen and oxygen atoms in total. The van der Waals surface area contributed by atoms with E-state index in [2.05, 4.69) is 16.2 Å². The smallest absolute Gasteiger partial charge is 0.0820 e. The minimum absolute atomic E-state index is 0.620. The van der Waals surface area contributed by atoms with Gasteiger partial charge in [-0.2, -0.15) is 0 Å². The van der Waals surface area contributed by atoms with Crippen molar-refractivity contribution in [1.82, 2.24) is 4.98 Å². The molecule has 0 saturated carbocycles. The van der Waals surface area contributed by atoms with Crippen molar-refractivity contribution < 1.29 is 0 Å². The molecule has 0 aliphatic carbocycles. The zero-order valence-corrected chi connectivity index (χ0v) is 7.30. The van der Waals surface area contributed by atoms with Crippen LogP contribution in [0, 0.1) is 12.3 Å². The summed E-state index contributed by atoms with van der Waals surface area (Å²) in [5.74, 6) is 2.54. The Morgan fingerprint density at radius 2 is 2.50 bits per heavy atom. The summed E-state index contributed by atoms with van der Waals surface area (Å²) in [5, 5.41) is 3.72. The molecule has 1 rings (SSSR count). The van der Waals surface area contributed by atoms with Gasteiger partial charge in [-0.3, -0.25) is 4.98 Å². The predicted molar refractivity (Wildman–Crippen MR) is 51.2 cm³/mol. The summed E-state index contributed by atoms with van der Waals surface area (Å²) in [4.78, 5) is 3.86. The van der Waals surface area contributed by atoms with Crippen LogP contribution >= 0.6 is 11.6 Å². The molecular weight excluding hydrogens is 172 g/mol. The molecule has 0 aliphatic rings. The number of nitrogens with one attached hydrogen (secondary N) is 1. The van der Waals surface area contributed by atoms with Gasteiger partial charge in [0.05, 0.1) is 10.7 Å². The van der Waals surface area contributed by atoms with Crippen LogP contribution in [0.1, 0.15) is 6.42 Å². The Hall–Kier alpha value is -1.20. The van der Waals surface area contributed by atoms with Crippen molar-refractivity contribution in [3.8, 4) is 12.3 Å². The van der Waals surface area contributed by atoms with Crippen LogP contribution in [0.5, 0.6) is 0 Å². The first-order valence-electron chi connectivity index (χ1n) is 3.61. The Labute approximate surface area is 77.0 Å². The van der Waals surface area contributed by atoms with Crippen molar-refractivity contribution in [2.24, 2.45) is 0 Å². The van der Waals surface area contributed by atoms with E-state index in [4.69, 9.17) is 18.0 Å². The van der Waals surface area contributed by atoms with Gasteiger partial charge in [0.2, 0.25) is 0 Å². The predicted octanol–water partition coefficient (Wildman–Crippen LogP) is 2.17. The fraction of sp³-hybridized carbons (Fsp3) is 0.222. The van der Waals surface area contributed by atoms with Crippen LogP contribution in [-0.4, -0.2) is 11.5 Å². The SMILES string of the molecule is C#CCCNc1ccncc1Cl. The molecule has 1 heterocycles. The molecule has 0 amide bonds. The van der Waals surface area contributed by atoms with Crippen LogP contribution in [0.2, 0.25) is 5.02 Å². The van der Waals surface area contributed by atoms with Crippen molar-refractivity contribution in [1.29, 1.82) is 0 Å². The fourth-order valence-corrected chi connectivity index (χ4v) is 0.974. The van der Waals surface area contributed by atoms with E-state index in [1.54, 1.807) is 12.4 Å². The van der Waals surface area contributed by atoms with Gasteiger partial charge in [-0.15, -0.1) is 12.3 Å². The lowest BCUT2D eigenvalue weighted by atomic mass is 10.4. The summed E-state index contributed by atoms with van der Waals surface area (Å²) in [6.07, 6.45) is 9.07. The zero-order valence-electron chi connectivity index (χ0n) is 6.55. The van der Waals surface area contributed by atoms with Crippen LogP contribution < -0.4 is 5.32 Å². The van der Waals surface area contributed by atoms with Crippen molar-refractivity contribution in [2.75, 3.05) is 11.9 Å². The van der Waals surface area contributed by atoms with Crippen LogP contribution in [0.25, 0.3) is 0 Å². The van der Waals surface area contributed by atoms with E-state index in [1.165, 1.54) is 0 Å². The van der Waals surface area contributed by atoms with Gasteiger partial charge in [0, 0.05) is 25.4 Å². The number of hydrogen-bond donors (Lipinski definition) is 1. The standard InChI is InChI=1S/C9H9ClN2/c1-2-3-5-12-9-4-6-11-7-8(9)10/h1,4,6-7H,3,5H2,(H,11,12). The highest BCUT2D eigenvalue weighted by Crippen LogP contribution is 2.18. The molecule has 0 aromatic carbocycles. The van der Waals surface area contributed by atoms with Crippen molar-refractivity contribution in [2.45, 2.75) is 6.42 Å². The van der Waals surface area contributed by atoms with Gasteiger partial charge in [0.15, 0.2) is 0 Å². The Balaban J connectivity index is 2.53. The minimum Gasteiger partial charge on any atom is -0.383 e. The molecule has 62 valence electrons. The highest BCUT2D eigenvalue weighted by Gasteiger charge is 1.95. The molecule has 0 radical (unpaired) electrons. The first kappa shape index (κ1) is 8.89. The summed E-state index contributed by atoms with van der Waals surface area (Å²) in [6.45, 7) is 0.736. The van der Waals surface area contributed by atoms with Gasteiger partial charge in [0.25, 0.3) is 0 Å². The van der Waals surface area contributed by atoms with Crippen molar-refractivity contribution >= 4 is 17.3 Å². The lowest BCUT2D eigenvalue weighted by molar-refractivity contribution is 1.09. The van der Waals surface area contributed by atoms with E-state index in [-0.39, 0.29) is 0 Å². The Bertz CT molecular complexity index is 291. The van der Waals surface area contributed by atoms with Gasteiger partial charge in [-0.05, 0) is 6.07 Å². The Morgan fingerprint density at radius 1 is 1.67 bits per heavy atom. The summed E-state index contributed by atoms with van der Waals surface area (Å²) < 4.78 is 0. The highest BCUT2D eigenvalue weighted by atomic mass is 35.5. The number of nitrogens with zero attached hydrogens (tertiary/aromatic N) is 1. The number of pyridine rings is 1. The van der Waals surface area contributed by atoms with E-state index >= 15 is 0 Å². The third-order valence-corrected chi connectivity index (χ3v) is 1.66. The van der Waals surface area contributed by atoms with Gasteiger partial charge >= 0.3 is 0 Å². The molecule has 0 unspecified atom stereocenters. The average molecular weight is 181 g/mol. The minimum atomic E-state index is 0.620. The number of hydrogen-bond acceptors (Lipinski definition) is 2. The number of terminal acetylenes is 1. The molecule has 0 saturated heterocycles. The van der Waals surface area contributed by atoms with E-state index in [0.29, 0.717) is 11.4 Å². The molecule has 1 N–H and O–H groups in total. The number of halogens is 1. The highest BCUT2D eigenvalue weighted by molar-refractivity contribution is 6.33. The van der Waals surface area contributed by atoms with Crippen LogP contribution in [0.15, 0.2) is 18.5 Å². The summed E-state index contributed by atoms with van der Waals surface area (Å²) in [7, 11) is 0. The van der Waals surface area contributed by atoms with Crippen molar-refractivity contribution in [3.05, 3.63) is 23.5 Å². The Morgan fingerprint density at radius 3 is 3.17 bits per heavy atom. The third kappa shape index (κ3) is 2.44. The number of aromatic nitrogens is 1. The molecule has 1 aromatic heterocycles. The van der Waals surface area contributed by atoms with E-state index in [9.17, 15) is 0 Å². The van der Waals surface area contributed by atoms with Gasteiger partial charge in [-0.1, -0.05) is 11.6 Å². The van der Waals surface area contributed by atoms with E-state index in [0.717, 1.165) is 12.2 Å². The van der Waals surface area contributed by atoms with Crippen molar-refractivity contribution in [3.63, 3.8) is 0 Å². The molecule has 0 spiro atoms. The van der Waals surface area contributed by atoms with Crippen LogP contribution in [0.3, 0.4) is 0 Å². The van der Waals surface area contributed by atoms with Gasteiger partial charge in [-0.25, -0.2) is 0 Å². The first-order chi connectivity index (χ1) is 5.84. The quantitative estimate of drug-likeness (QED) is 0.570. The molecule has 0 bridgehead atoms. The fourth-order valence-electron chi connectivity index (χ4n) is 0.788. The first-order valence-corrected chi connectivity index (χ1v) is 3.99. The topological polar surface area (TPSA) is 24.9 Å². The number of rotatable bonds is 3. The molecule has 0 aliphatic heterocycles. The summed E-state index contributed by atoms with van der Waals surface area (Å²) >= 11 is 5.83. The summed E-state index contributed by atoms with van der Waals surface area (Å²) in [5.41, 5.74) is 0.877. The molecule has 12 heavy (non-hydrogen) atoms. The molecule has 0 atom stereocenters. The third-order valence-electron chi connectivity index (χ3n) is 1.36. The van der Waals surface area contributed by atoms with Crippen LogP contribution in [0.4, 0.5) is 5.69 Å². The normalized spacial score (nSPS) is 9.00.